The molecule has 0 atom stereocenters. The van der Waals surface area contributed by atoms with Crippen LogP contribution in [-0.2, 0) is 19.3 Å². The van der Waals surface area contributed by atoms with Gasteiger partial charge in [0.15, 0.2) is 0 Å². The first-order valence-electron chi connectivity index (χ1n) is 8.31. The fraction of sp³-hybridized carbons (Fsp3) is 0.444. The van der Waals surface area contributed by atoms with Crippen LogP contribution in [0.2, 0.25) is 0 Å². The fourth-order valence-corrected chi connectivity index (χ4v) is 2.46. The molecule has 0 radical (unpaired) electrons. The van der Waals surface area contributed by atoms with Crippen molar-refractivity contribution in [2.45, 2.75) is 46.5 Å². The molecule has 0 bridgehead atoms. The molecule has 1 N–H and O–H groups in total. The summed E-state index contributed by atoms with van der Waals surface area (Å²) in [6, 6.07) is 3.77. The molecule has 24 heavy (non-hydrogen) atoms. The molecule has 6 nitrogen and oxygen atoms in total. The lowest BCUT2D eigenvalue weighted by Gasteiger charge is -2.21. The van der Waals surface area contributed by atoms with E-state index in [0.29, 0.717) is 18.1 Å². The van der Waals surface area contributed by atoms with Crippen molar-refractivity contribution in [3.05, 3.63) is 48.1 Å². The van der Waals surface area contributed by atoms with Gasteiger partial charge in [-0.15, -0.1) is 0 Å². The van der Waals surface area contributed by atoms with Gasteiger partial charge in [-0.25, -0.2) is 4.98 Å². The highest BCUT2D eigenvalue weighted by atomic mass is 16.5. The number of hydrogen-bond acceptors (Lipinski definition) is 5. The number of rotatable bonds is 7. The molecule has 3 aromatic rings. The smallest absolute Gasteiger partial charge is 0.227 e. The van der Waals surface area contributed by atoms with Gasteiger partial charge in [-0.3, -0.25) is 4.98 Å². The number of aromatic nitrogens is 5. The van der Waals surface area contributed by atoms with Gasteiger partial charge >= 0.3 is 0 Å². The van der Waals surface area contributed by atoms with Gasteiger partial charge in [-0.05, 0) is 24.0 Å². The SMILES string of the molecule is CCC(C)(C)Cc1cnc(CCc2nc(-c3cccnc3)no2)[nH]1. The third-order valence-electron chi connectivity index (χ3n) is 4.27. The Labute approximate surface area is 141 Å². The maximum absolute atomic E-state index is 5.32. The maximum atomic E-state index is 5.32. The summed E-state index contributed by atoms with van der Waals surface area (Å²) < 4.78 is 5.32. The Morgan fingerprint density at radius 3 is 2.83 bits per heavy atom. The number of aromatic amines is 1. The highest BCUT2D eigenvalue weighted by Crippen LogP contribution is 2.24. The van der Waals surface area contributed by atoms with E-state index < -0.39 is 0 Å². The summed E-state index contributed by atoms with van der Waals surface area (Å²) in [4.78, 5) is 16.3. The molecule has 0 fully saturated rings. The van der Waals surface area contributed by atoms with Crippen LogP contribution in [0.4, 0.5) is 0 Å². The van der Waals surface area contributed by atoms with Crippen LogP contribution in [0.3, 0.4) is 0 Å². The second kappa shape index (κ2) is 6.95. The third kappa shape index (κ3) is 4.07. The first-order valence-corrected chi connectivity index (χ1v) is 8.31. The molecule has 3 rings (SSSR count). The Hall–Kier alpha value is -2.50. The van der Waals surface area contributed by atoms with E-state index in [4.69, 9.17) is 4.52 Å². The number of nitrogens with one attached hydrogen (secondary N) is 1. The average Bonchev–Trinajstić information content (AvgIpc) is 3.23. The first kappa shape index (κ1) is 16.4. The van der Waals surface area contributed by atoms with E-state index in [1.807, 2.05) is 18.3 Å². The Morgan fingerprint density at radius 2 is 2.08 bits per heavy atom. The molecular formula is C18H23N5O. The standard InChI is InChI=1S/C18H23N5O/c1-4-18(2,3)10-14-12-20-15(21-14)7-8-16-22-17(23-24-16)13-6-5-9-19-11-13/h5-6,9,11-12H,4,7-8,10H2,1-3H3,(H,20,21). The van der Waals surface area contributed by atoms with Gasteiger partial charge < -0.3 is 9.51 Å². The number of aryl methyl sites for hydroxylation is 2. The summed E-state index contributed by atoms with van der Waals surface area (Å²) >= 11 is 0. The summed E-state index contributed by atoms with van der Waals surface area (Å²) in [6.07, 6.45) is 8.94. The van der Waals surface area contributed by atoms with E-state index in [1.165, 1.54) is 5.69 Å². The first-order chi connectivity index (χ1) is 11.6. The van der Waals surface area contributed by atoms with E-state index >= 15 is 0 Å². The van der Waals surface area contributed by atoms with E-state index in [2.05, 4.69) is 45.9 Å². The van der Waals surface area contributed by atoms with Crippen molar-refractivity contribution in [3.8, 4) is 11.4 Å². The second-order valence-corrected chi connectivity index (χ2v) is 6.80. The summed E-state index contributed by atoms with van der Waals surface area (Å²) in [5.74, 6) is 2.14. The number of H-pyrrole nitrogens is 1. The summed E-state index contributed by atoms with van der Waals surface area (Å²) in [5.41, 5.74) is 2.32. The zero-order valence-electron chi connectivity index (χ0n) is 14.4. The molecule has 0 aliphatic rings. The van der Waals surface area contributed by atoms with Crippen LogP contribution in [-0.4, -0.2) is 25.1 Å². The van der Waals surface area contributed by atoms with Gasteiger partial charge in [0.25, 0.3) is 0 Å². The molecule has 6 heteroatoms. The van der Waals surface area contributed by atoms with Crippen molar-refractivity contribution < 1.29 is 4.52 Å². The zero-order chi connectivity index (χ0) is 17.0. The van der Waals surface area contributed by atoms with Crippen molar-refractivity contribution in [2.24, 2.45) is 5.41 Å². The van der Waals surface area contributed by atoms with Gasteiger partial charge in [0.05, 0.1) is 0 Å². The molecule has 3 aromatic heterocycles. The van der Waals surface area contributed by atoms with E-state index in [-0.39, 0.29) is 5.41 Å². The molecule has 0 aliphatic carbocycles. The van der Waals surface area contributed by atoms with Crippen LogP contribution in [0.5, 0.6) is 0 Å². The Balaban J connectivity index is 1.59. The van der Waals surface area contributed by atoms with Crippen LogP contribution in [0.15, 0.2) is 35.2 Å². The number of pyridine rings is 1. The zero-order valence-corrected chi connectivity index (χ0v) is 14.4. The largest absolute Gasteiger partial charge is 0.346 e. The van der Waals surface area contributed by atoms with Gasteiger partial charge in [0.2, 0.25) is 11.7 Å². The average molecular weight is 325 g/mol. The number of nitrogens with zero attached hydrogens (tertiary/aromatic N) is 4. The Morgan fingerprint density at radius 1 is 1.21 bits per heavy atom. The predicted octanol–water partition coefficient (Wildman–Crippen LogP) is 3.62. The highest BCUT2D eigenvalue weighted by molar-refractivity contribution is 5.51. The topological polar surface area (TPSA) is 80.5 Å². The molecular weight excluding hydrogens is 302 g/mol. The highest BCUT2D eigenvalue weighted by Gasteiger charge is 2.17. The quantitative estimate of drug-likeness (QED) is 0.717. The normalized spacial score (nSPS) is 11.8. The lowest BCUT2D eigenvalue weighted by Crippen LogP contribution is -2.13. The molecule has 0 spiro atoms. The molecule has 0 saturated carbocycles. The second-order valence-electron chi connectivity index (χ2n) is 6.80. The van der Waals surface area contributed by atoms with Crippen molar-refractivity contribution >= 4 is 0 Å². The molecule has 3 heterocycles. The minimum absolute atomic E-state index is 0.287. The lowest BCUT2D eigenvalue weighted by atomic mass is 9.85. The molecule has 0 aromatic carbocycles. The minimum atomic E-state index is 0.287. The maximum Gasteiger partial charge on any atom is 0.227 e. The van der Waals surface area contributed by atoms with E-state index in [0.717, 1.165) is 30.7 Å². The molecule has 0 saturated heterocycles. The van der Waals surface area contributed by atoms with Gasteiger partial charge in [0, 0.05) is 42.7 Å². The Kier molecular flexibility index (Phi) is 4.74. The summed E-state index contributed by atoms with van der Waals surface area (Å²) in [6.45, 7) is 6.75. The van der Waals surface area contributed by atoms with Crippen molar-refractivity contribution in [3.63, 3.8) is 0 Å². The number of hydrogen-bond donors (Lipinski definition) is 1. The molecule has 0 aliphatic heterocycles. The van der Waals surface area contributed by atoms with E-state index in [9.17, 15) is 0 Å². The Bertz CT molecular complexity index is 776. The van der Waals surface area contributed by atoms with Crippen LogP contribution in [0, 0.1) is 5.41 Å². The van der Waals surface area contributed by atoms with Gasteiger partial charge in [-0.1, -0.05) is 32.3 Å². The van der Waals surface area contributed by atoms with Gasteiger partial charge in [0.1, 0.15) is 5.82 Å². The van der Waals surface area contributed by atoms with Crippen molar-refractivity contribution in [1.29, 1.82) is 0 Å². The van der Waals surface area contributed by atoms with Crippen molar-refractivity contribution in [1.82, 2.24) is 25.1 Å². The molecule has 0 unspecified atom stereocenters. The van der Waals surface area contributed by atoms with Crippen LogP contribution < -0.4 is 0 Å². The molecule has 0 amide bonds. The van der Waals surface area contributed by atoms with Crippen LogP contribution in [0.1, 0.15) is 44.6 Å². The van der Waals surface area contributed by atoms with Crippen molar-refractivity contribution in [2.75, 3.05) is 0 Å². The van der Waals surface area contributed by atoms with Crippen LogP contribution in [0.25, 0.3) is 11.4 Å². The fourth-order valence-electron chi connectivity index (χ4n) is 2.46. The van der Waals surface area contributed by atoms with Crippen LogP contribution >= 0.6 is 0 Å². The number of imidazole rings is 1. The predicted molar refractivity (Wildman–Crippen MR) is 91.3 cm³/mol. The monoisotopic (exact) mass is 325 g/mol. The molecule has 126 valence electrons. The lowest BCUT2D eigenvalue weighted by molar-refractivity contribution is 0.346. The van der Waals surface area contributed by atoms with Gasteiger partial charge in [-0.2, -0.15) is 4.98 Å². The summed E-state index contributed by atoms with van der Waals surface area (Å²) in [7, 11) is 0. The minimum Gasteiger partial charge on any atom is -0.346 e. The van der Waals surface area contributed by atoms with E-state index in [1.54, 1.807) is 12.4 Å². The summed E-state index contributed by atoms with van der Waals surface area (Å²) in [5, 5.41) is 4.01. The third-order valence-corrected chi connectivity index (χ3v) is 4.27.